The molecule has 0 N–H and O–H groups in total. The van der Waals surface area contributed by atoms with Crippen molar-refractivity contribution in [3.05, 3.63) is 11.3 Å². The third-order valence-electron chi connectivity index (χ3n) is 2.61. The van der Waals surface area contributed by atoms with Gasteiger partial charge in [-0.1, -0.05) is 15.9 Å². The number of hydrogen-bond donors (Lipinski definition) is 0. The molecule has 1 heterocycles. The lowest BCUT2D eigenvalue weighted by atomic mass is 10.2. The van der Waals surface area contributed by atoms with E-state index in [0.29, 0.717) is 11.9 Å². The van der Waals surface area contributed by atoms with Gasteiger partial charge in [-0.3, -0.25) is 4.68 Å². The summed E-state index contributed by atoms with van der Waals surface area (Å²) in [5.41, 5.74) is 2.06. The Labute approximate surface area is 111 Å². The van der Waals surface area contributed by atoms with Crippen molar-refractivity contribution in [2.75, 3.05) is 30.5 Å². The van der Waals surface area contributed by atoms with E-state index in [1.54, 1.807) is 4.68 Å². The van der Waals surface area contributed by atoms with Crippen LogP contribution in [0.5, 0.6) is 0 Å². The van der Waals surface area contributed by atoms with E-state index in [4.69, 9.17) is 0 Å². The van der Waals surface area contributed by atoms with E-state index in [1.165, 1.54) is 6.26 Å². The van der Waals surface area contributed by atoms with Crippen molar-refractivity contribution in [2.45, 2.75) is 12.3 Å². The second-order valence-electron chi connectivity index (χ2n) is 4.20. The van der Waals surface area contributed by atoms with E-state index >= 15 is 0 Å². The first kappa shape index (κ1) is 14.5. The summed E-state index contributed by atoms with van der Waals surface area (Å²) in [6.07, 6.45) is 1.25. The Hall–Kier alpha value is -0.560. The molecule has 0 aliphatic rings. The summed E-state index contributed by atoms with van der Waals surface area (Å²) in [4.78, 5) is 1.93. The molecule has 0 aliphatic heterocycles. The number of halogens is 1. The summed E-state index contributed by atoms with van der Waals surface area (Å²) in [6.45, 7) is 2.42. The van der Waals surface area contributed by atoms with Crippen molar-refractivity contribution in [3.63, 3.8) is 0 Å². The fourth-order valence-electron chi connectivity index (χ4n) is 1.73. The molecule has 0 bridgehead atoms. The van der Waals surface area contributed by atoms with Gasteiger partial charge in [-0.05, 0) is 6.92 Å². The van der Waals surface area contributed by atoms with Gasteiger partial charge in [-0.15, -0.1) is 0 Å². The molecule has 0 saturated carbocycles. The number of sulfone groups is 1. The van der Waals surface area contributed by atoms with Crippen LogP contribution in [0.3, 0.4) is 0 Å². The van der Waals surface area contributed by atoms with E-state index in [2.05, 4.69) is 21.0 Å². The highest BCUT2D eigenvalue weighted by molar-refractivity contribution is 9.08. The molecule has 0 atom stereocenters. The van der Waals surface area contributed by atoms with Crippen LogP contribution in [0.1, 0.15) is 11.3 Å². The van der Waals surface area contributed by atoms with Gasteiger partial charge < -0.3 is 4.90 Å². The van der Waals surface area contributed by atoms with E-state index in [-0.39, 0.29) is 5.75 Å². The Kier molecular flexibility index (Phi) is 4.60. The molecule has 0 amide bonds. The highest BCUT2D eigenvalue weighted by Crippen LogP contribution is 2.24. The SMILES string of the molecule is Cc1nn(C)c(N(C)CCS(C)(=O)=O)c1CBr. The summed E-state index contributed by atoms with van der Waals surface area (Å²) in [7, 11) is 0.813. The molecule has 0 radical (unpaired) electrons. The number of aromatic nitrogens is 2. The lowest BCUT2D eigenvalue weighted by Gasteiger charge is -2.20. The monoisotopic (exact) mass is 323 g/mol. The van der Waals surface area contributed by atoms with Gasteiger partial charge in [0.15, 0.2) is 0 Å². The van der Waals surface area contributed by atoms with E-state index in [9.17, 15) is 8.42 Å². The summed E-state index contributed by atoms with van der Waals surface area (Å²) >= 11 is 3.43. The lowest BCUT2D eigenvalue weighted by Crippen LogP contribution is -2.27. The minimum atomic E-state index is -2.94. The first-order valence-corrected chi connectivity index (χ1v) is 8.41. The van der Waals surface area contributed by atoms with Gasteiger partial charge in [0.2, 0.25) is 0 Å². The molecular weight excluding hydrogens is 306 g/mol. The maximum absolute atomic E-state index is 11.2. The van der Waals surface area contributed by atoms with Crippen LogP contribution in [0.25, 0.3) is 0 Å². The molecule has 0 unspecified atom stereocenters. The number of hydrogen-bond acceptors (Lipinski definition) is 4. The van der Waals surface area contributed by atoms with E-state index in [1.807, 2.05) is 25.9 Å². The van der Waals surface area contributed by atoms with E-state index in [0.717, 1.165) is 17.1 Å². The van der Waals surface area contributed by atoms with Crippen molar-refractivity contribution in [1.29, 1.82) is 0 Å². The molecule has 7 heteroatoms. The first-order chi connectivity index (χ1) is 7.76. The topological polar surface area (TPSA) is 55.2 Å². The molecule has 1 rings (SSSR count). The minimum absolute atomic E-state index is 0.148. The average molecular weight is 324 g/mol. The Morgan fingerprint density at radius 3 is 2.53 bits per heavy atom. The normalized spacial score (nSPS) is 11.8. The van der Waals surface area contributed by atoms with Gasteiger partial charge in [-0.2, -0.15) is 5.10 Å². The molecule has 1 aromatic heterocycles. The van der Waals surface area contributed by atoms with Crippen molar-refractivity contribution in [2.24, 2.45) is 7.05 Å². The van der Waals surface area contributed by atoms with Crippen LogP contribution >= 0.6 is 15.9 Å². The van der Waals surface area contributed by atoms with Crippen LogP contribution in [0.15, 0.2) is 0 Å². The zero-order chi connectivity index (χ0) is 13.2. The van der Waals surface area contributed by atoms with Crippen molar-refractivity contribution in [3.8, 4) is 0 Å². The quantitative estimate of drug-likeness (QED) is 0.761. The number of nitrogens with zero attached hydrogens (tertiary/aromatic N) is 3. The fourth-order valence-corrected chi connectivity index (χ4v) is 2.99. The predicted molar refractivity (Wildman–Crippen MR) is 73.6 cm³/mol. The third kappa shape index (κ3) is 3.70. The fraction of sp³-hybridized carbons (Fsp3) is 0.700. The lowest BCUT2D eigenvalue weighted by molar-refractivity contribution is 0.600. The third-order valence-corrected chi connectivity index (χ3v) is 4.09. The molecule has 0 spiro atoms. The zero-order valence-corrected chi connectivity index (χ0v) is 13.0. The number of alkyl halides is 1. The molecule has 17 heavy (non-hydrogen) atoms. The molecule has 0 aromatic carbocycles. The highest BCUT2D eigenvalue weighted by Gasteiger charge is 2.16. The number of rotatable bonds is 5. The maximum atomic E-state index is 11.2. The highest BCUT2D eigenvalue weighted by atomic mass is 79.9. The number of anilines is 1. The smallest absolute Gasteiger partial charge is 0.149 e. The second-order valence-corrected chi connectivity index (χ2v) is 7.02. The molecule has 5 nitrogen and oxygen atoms in total. The molecule has 0 fully saturated rings. The molecular formula is C10H18BrN3O2S. The van der Waals surface area contributed by atoms with E-state index < -0.39 is 9.84 Å². The second kappa shape index (κ2) is 5.39. The summed E-state index contributed by atoms with van der Waals surface area (Å²) < 4.78 is 24.1. The molecule has 98 valence electrons. The van der Waals surface area contributed by atoms with Crippen LogP contribution in [0.4, 0.5) is 5.82 Å². The van der Waals surface area contributed by atoms with Crippen LogP contribution < -0.4 is 4.90 Å². The molecule has 0 saturated heterocycles. The van der Waals surface area contributed by atoms with Gasteiger partial charge in [0.1, 0.15) is 15.7 Å². The Balaban J connectivity index is 2.92. The van der Waals surface area contributed by atoms with Gasteiger partial charge in [0.25, 0.3) is 0 Å². The van der Waals surface area contributed by atoms with Crippen molar-refractivity contribution in [1.82, 2.24) is 9.78 Å². The zero-order valence-electron chi connectivity index (χ0n) is 10.6. The Morgan fingerprint density at radius 1 is 1.47 bits per heavy atom. The largest absolute Gasteiger partial charge is 0.359 e. The predicted octanol–water partition coefficient (Wildman–Crippen LogP) is 1.10. The Morgan fingerprint density at radius 2 is 2.06 bits per heavy atom. The van der Waals surface area contributed by atoms with Crippen LogP contribution in [0.2, 0.25) is 0 Å². The molecule has 1 aromatic rings. The van der Waals surface area contributed by atoms with Gasteiger partial charge in [-0.25, -0.2) is 8.42 Å². The standard InChI is InChI=1S/C10H18BrN3O2S/c1-8-9(7-11)10(14(3)12-8)13(2)5-6-17(4,15)16/h5-7H2,1-4H3. The Bertz CT molecular complexity index is 496. The summed E-state index contributed by atoms with van der Waals surface area (Å²) in [6, 6.07) is 0. The average Bonchev–Trinajstić information content (AvgIpc) is 2.48. The van der Waals surface area contributed by atoms with Crippen LogP contribution in [-0.2, 0) is 22.2 Å². The number of aryl methyl sites for hydroxylation is 2. The summed E-state index contributed by atoms with van der Waals surface area (Å²) in [5.74, 6) is 1.11. The van der Waals surface area contributed by atoms with Gasteiger partial charge >= 0.3 is 0 Å². The van der Waals surface area contributed by atoms with Gasteiger partial charge in [0.05, 0.1) is 11.4 Å². The molecule has 0 aliphatic carbocycles. The maximum Gasteiger partial charge on any atom is 0.149 e. The van der Waals surface area contributed by atoms with Crippen LogP contribution in [0, 0.1) is 6.92 Å². The van der Waals surface area contributed by atoms with Gasteiger partial charge in [0, 0.05) is 37.8 Å². The van der Waals surface area contributed by atoms with Crippen molar-refractivity contribution < 1.29 is 8.42 Å². The minimum Gasteiger partial charge on any atom is -0.359 e. The van der Waals surface area contributed by atoms with Crippen LogP contribution in [-0.4, -0.2) is 43.8 Å². The first-order valence-electron chi connectivity index (χ1n) is 5.23. The van der Waals surface area contributed by atoms with Crippen molar-refractivity contribution >= 4 is 31.6 Å². The summed E-state index contributed by atoms with van der Waals surface area (Å²) in [5, 5.41) is 5.06.